The average molecular weight is 338 g/mol. The maximum absolute atomic E-state index is 12.2. The average Bonchev–Trinajstić information content (AvgIpc) is 2.73. The normalized spacial score (nSPS) is 14.4. The van der Waals surface area contributed by atoms with E-state index in [0.717, 1.165) is 0 Å². The molecule has 0 bridgehead atoms. The fourth-order valence-corrected chi connectivity index (χ4v) is 2.98. The Morgan fingerprint density at radius 2 is 2.14 bits per heavy atom. The highest BCUT2D eigenvalue weighted by Crippen LogP contribution is 2.35. The molecule has 21 heavy (non-hydrogen) atoms. The summed E-state index contributed by atoms with van der Waals surface area (Å²) in [5, 5.41) is 7.90. The molecule has 0 aromatic carbocycles. The highest BCUT2D eigenvalue weighted by Gasteiger charge is 2.42. The molecule has 1 aromatic heterocycles. The van der Waals surface area contributed by atoms with Gasteiger partial charge in [0.1, 0.15) is 0 Å². The minimum atomic E-state index is -3.30. The topological polar surface area (TPSA) is 73.2 Å². The van der Waals surface area contributed by atoms with E-state index in [9.17, 15) is 8.42 Å². The molecule has 0 saturated heterocycles. The van der Waals surface area contributed by atoms with E-state index in [-0.39, 0.29) is 0 Å². The van der Waals surface area contributed by atoms with E-state index < -0.39 is 20.6 Å². The quantitative estimate of drug-likeness (QED) is 0.781. The molecule has 1 N–H and O–H groups in total. The van der Waals surface area contributed by atoms with Gasteiger partial charge in [-0.05, 0) is 20.4 Å². The number of nitrogens with zero attached hydrogens (tertiary/aromatic N) is 2. The second-order valence-corrected chi connectivity index (χ2v) is 8.46. The van der Waals surface area contributed by atoms with Crippen molar-refractivity contribution in [1.29, 1.82) is 0 Å². The van der Waals surface area contributed by atoms with Gasteiger partial charge in [0.2, 0.25) is 0 Å². The predicted molar refractivity (Wildman–Crippen MR) is 84.5 cm³/mol. The van der Waals surface area contributed by atoms with Gasteiger partial charge in [-0.25, -0.2) is 8.42 Å². The standard InChI is InChI=1S/C13H24ClN3O3S/c1-6-15-12(13(2,3)21(5,18)19)11-10(14)9-16-17(11)7-8-20-4/h9,12,15H,6-8H2,1-5H3. The molecule has 0 spiro atoms. The van der Waals surface area contributed by atoms with Crippen molar-refractivity contribution >= 4 is 21.4 Å². The third-order valence-corrected chi connectivity index (χ3v) is 6.11. The minimum Gasteiger partial charge on any atom is -0.383 e. The summed E-state index contributed by atoms with van der Waals surface area (Å²) in [4.78, 5) is 0. The van der Waals surface area contributed by atoms with Crippen LogP contribution in [0.1, 0.15) is 32.5 Å². The van der Waals surface area contributed by atoms with Crippen molar-refractivity contribution in [3.63, 3.8) is 0 Å². The van der Waals surface area contributed by atoms with Crippen LogP contribution in [0.4, 0.5) is 0 Å². The number of sulfone groups is 1. The van der Waals surface area contributed by atoms with Gasteiger partial charge in [-0.3, -0.25) is 4.68 Å². The Bertz CT molecular complexity index is 569. The van der Waals surface area contributed by atoms with E-state index in [0.29, 0.717) is 30.4 Å². The molecule has 6 nitrogen and oxygen atoms in total. The Morgan fingerprint density at radius 3 is 2.62 bits per heavy atom. The molecular weight excluding hydrogens is 314 g/mol. The van der Waals surface area contributed by atoms with Gasteiger partial charge in [-0.15, -0.1) is 0 Å². The lowest BCUT2D eigenvalue weighted by atomic mass is 9.99. The van der Waals surface area contributed by atoms with E-state index in [4.69, 9.17) is 16.3 Å². The third-order valence-electron chi connectivity index (χ3n) is 3.67. The smallest absolute Gasteiger partial charge is 0.154 e. The predicted octanol–water partition coefficient (Wildman–Crippen LogP) is 1.66. The first-order valence-corrected chi connectivity index (χ1v) is 9.06. The molecule has 0 fully saturated rings. The van der Waals surface area contributed by atoms with E-state index in [1.807, 2.05) is 6.92 Å². The molecule has 0 aliphatic heterocycles. The fraction of sp³-hybridized carbons (Fsp3) is 0.769. The fourth-order valence-electron chi connectivity index (χ4n) is 2.10. The summed E-state index contributed by atoms with van der Waals surface area (Å²) in [6.45, 7) is 6.92. The van der Waals surface area contributed by atoms with Gasteiger partial charge in [-0.1, -0.05) is 18.5 Å². The molecule has 1 aromatic rings. The van der Waals surface area contributed by atoms with Gasteiger partial charge in [0.25, 0.3) is 0 Å². The summed E-state index contributed by atoms with van der Waals surface area (Å²) in [6.07, 6.45) is 2.77. The highest BCUT2D eigenvalue weighted by molar-refractivity contribution is 7.92. The lowest BCUT2D eigenvalue weighted by Crippen LogP contribution is -2.46. The molecule has 122 valence electrons. The first kappa shape index (κ1) is 18.4. The molecule has 0 aliphatic carbocycles. The van der Waals surface area contributed by atoms with Crippen LogP contribution in [0, 0.1) is 0 Å². The van der Waals surface area contributed by atoms with Crippen molar-refractivity contribution in [1.82, 2.24) is 15.1 Å². The Balaban J connectivity index is 3.32. The number of nitrogens with one attached hydrogen (secondary N) is 1. The Kier molecular flexibility index (Phi) is 6.22. The van der Waals surface area contributed by atoms with Gasteiger partial charge < -0.3 is 10.1 Å². The number of aromatic nitrogens is 2. The van der Waals surface area contributed by atoms with Crippen molar-refractivity contribution in [3.05, 3.63) is 16.9 Å². The van der Waals surface area contributed by atoms with E-state index in [2.05, 4.69) is 10.4 Å². The van der Waals surface area contributed by atoms with Crippen LogP contribution in [0.3, 0.4) is 0 Å². The van der Waals surface area contributed by atoms with Crippen LogP contribution in [0.5, 0.6) is 0 Å². The monoisotopic (exact) mass is 337 g/mol. The molecule has 1 atom stereocenters. The Hall–Kier alpha value is -0.630. The largest absolute Gasteiger partial charge is 0.383 e. The second kappa shape index (κ2) is 7.09. The zero-order chi connectivity index (χ0) is 16.3. The van der Waals surface area contributed by atoms with Crippen molar-refractivity contribution in [2.75, 3.05) is 26.5 Å². The molecule has 1 heterocycles. The van der Waals surface area contributed by atoms with E-state index >= 15 is 0 Å². The maximum Gasteiger partial charge on any atom is 0.154 e. The summed E-state index contributed by atoms with van der Waals surface area (Å²) >= 11 is 6.25. The molecule has 0 radical (unpaired) electrons. The molecule has 0 amide bonds. The first-order chi connectivity index (χ1) is 9.66. The zero-order valence-electron chi connectivity index (χ0n) is 13.2. The van der Waals surface area contributed by atoms with E-state index in [1.165, 1.54) is 12.5 Å². The number of hydrogen-bond acceptors (Lipinski definition) is 5. The number of methoxy groups -OCH3 is 1. The van der Waals surface area contributed by atoms with Crippen molar-refractivity contribution in [2.45, 2.75) is 38.1 Å². The van der Waals surface area contributed by atoms with Gasteiger partial charge in [0, 0.05) is 13.4 Å². The van der Waals surface area contributed by atoms with Gasteiger partial charge in [0.05, 0.1) is 40.9 Å². The Morgan fingerprint density at radius 1 is 1.52 bits per heavy atom. The first-order valence-electron chi connectivity index (χ1n) is 6.80. The van der Waals surface area contributed by atoms with Crippen LogP contribution in [0.2, 0.25) is 5.02 Å². The zero-order valence-corrected chi connectivity index (χ0v) is 14.8. The lowest BCUT2D eigenvalue weighted by Gasteiger charge is -2.34. The van der Waals surface area contributed by atoms with Crippen molar-refractivity contribution in [2.24, 2.45) is 0 Å². The van der Waals surface area contributed by atoms with Crippen LogP contribution in [-0.2, 0) is 21.1 Å². The second-order valence-electron chi connectivity index (χ2n) is 5.46. The van der Waals surface area contributed by atoms with Crippen LogP contribution in [0.25, 0.3) is 0 Å². The summed E-state index contributed by atoms with van der Waals surface area (Å²) in [5.74, 6) is 0. The molecule has 8 heteroatoms. The number of hydrogen-bond donors (Lipinski definition) is 1. The summed E-state index contributed by atoms with van der Waals surface area (Å²) < 4.78 is 30.1. The van der Waals surface area contributed by atoms with Crippen molar-refractivity contribution in [3.8, 4) is 0 Å². The number of halogens is 1. The van der Waals surface area contributed by atoms with Crippen LogP contribution < -0.4 is 5.32 Å². The van der Waals surface area contributed by atoms with Crippen molar-refractivity contribution < 1.29 is 13.2 Å². The van der Waals surface area contributed by atoms with Crippen LogP contribution in [0.15, 0.2) is 6.20 Å². The molecule has 0 aliphatic rings. The highest BCUT2D eigenvalue weighted by atomic mass is 35.5. The summed E-state index contributed by atoms with van der Waals surface area (Å²) in [5.41, 5.74) is 0.672. The summed E-state index contributed by atoms with van der Waals surface area (Å²) in [6, 6.07) is -0.454. The van der Waals surface area contributed by atoms with Gasteiger partial charge in [0.15, 0.2) is 9.84 Å². The molecule has 1 rings (SSSR count). The van der Waals surface area contributed by atoms with Crippen LogP contribution in [-0.4, -0.2) is 49.5 Å². The lowest BCUT2D eigenvalue weighted by molar-refractivity contribution is 0.181. The van der Waals surface area contributed by atoms with E-state index in [1.54, 1.807) is 25.6 Å². The minimum absolute atomic E-state index is 0.453. The van der Waals surface area contributed by atoms with Gasteiger partial charge >= 0.3 is 0 Å². The summed E-state index contributed by atoms with van der Waals surface area (Å²) in [7, 11) is -1.69. The molecule has 0 saturated carbocycles. The molecule has 1 unspecified atom stereocenters. The Labute approximate surface area is 131 Å². The number of ether oxygens (including phenoxy) is 1. The number of rotatable bonds is 8. The SMILES string of the molecule is CCNC(c1c(Cl)cnn1CCOC)C(C)(C)S(C)(=O)=O. The van der Waals surface area contributed by atoms with Gasteiger partial charge in [-0.2, -0.15) is 5.10 Å². The molecular formula is C13H24ClN3O3S. The van der Waals surface area contributed by atoms with Crippen LogP contribution >= 0.6 is 11.6 Å². The maximum atomic E-state index is 12.2. The third kappa shape index (κ3) is 3.97.